The van der Waals surface area contributed by atoms with Crippen LogP contribution in [0.15, 0.2) is 29.4 Å². The van der Waals surface area contributed by atoms with Gasteiger partial charge in [0.1, 0.15) is 5.71 Å². The number of hydrazone groups is 1. The quantitative estimate of drug-likeness (QED) is 0.780. The maximum absolute atomic E-state index is 12.6. The van der Waals surface area contributed by atoms with Crippen LogP contribution in [-0.2, 0) is 24.2 Å². The largest absolute Gasteiger partial charge is 0.321 e. The van der Waals surface area contributed by atoms with Crippen molar-refractivity contribution in [2.24, 2.45) is 5.10 Å². The topological polar surface area (TPSA) is 116 Å². The van der Waals surface area contributed by atoms with E-state index < -0.39 is 21.8 Å². The minimum absolute atomic E-state index is 0.0321. The number of amides is 3. The molecular formula is C19H22N4O5S. The third-order valence-corrected chi connectivity index (χ3v) is 7.14. The van der Waals surface area contributed by atoms with Gasteiger partial charge >= 0.3 is 0 Å². The van der Waals surface area contributed by atoms with Crippen molar-refractivity contribution in [2.75, 3.05) is 28.3 Å². The average Bonchev–Trinajstić information content (AvgIpc) is 3.27. The van der Waals surface area contributed by atoms with E-state index in [9.17, 15) is 22.8 Å². The van der Waals surface area contributed by atoms with Crippen LogP contribution in [0.3, 0.4) is 0 Å². The summed E-state index contributed by atoms with van der Waals surface area (Å²) >= 11 is 0. The molecule has 2 fully saturated rings. The second-order valence-corrected chi connectivity index (χ2v) is 9.72. The summed E-state index contributed by atoms with van der Waals surface area (Å²) in [5, 5.41) is 8.09. The smallest absolute Gasteiger partial charge is 0.271 e. The molecule has 9 nitrogen and oxygen atoms in total. The van der Waals surface area contributed by atoms with Crippen LogP contribution < -0.4 is 10.2 Å². The van der Waals surface area contributed by atoms with Crippen molar-refractivity contribution in [1.82, 2.24) is 5.01 Å². The minimum atomic E-state index is -3.16. The summed E-state index contributed by atoms with van der Waals surface area (Å²) in [5.74, 6) is -0.674. The highest BCUT2D eigenvalue weighted by atomic mass is 32.2. The molecule has 1 atom stereocenters. The lowest BCUT2D eigenvalue weighted by Gasteiger charge is -2.27. The highest BCUT2D eigenvalue weighted by molar-refractivity contribution is 7.91. The van der Waals surface area contributed by atoms with Gasteiger partial charge in [0.15, 0.2) is 9.84 Å². The molecule has 2 saturated heterocycles. The van der Waals surface area contributed by atoms with E-state index in [4.69, 9.17) is 0 Å². The van der Waals surface area contributed by atoms with Gasteiger partial charge in [0.25, 0.3) is 5.91 Å². The summed E-state index contributed by atoms with van der Waals surface area (Å²) in [6, 6.07) is 6.48. The van der Waals surface area contributed by atoms with E-state index in [2.05, 4.69) is 10.4 Å². The molecule has 3 aliphatic rings. The Labute approximate surface area is 168 Å². The maximum Gasteiger partial charge on any atom is 0.271 e. The van der Waals surface area contributed by atoms with Crippen LogP contribution in [0.4, 0.5) is 11.4 Å². The van der Waals surface area contributed by atoms with Crippen LogP contribution in [-0.4, -0.2) is 61.0 Å². The maximum atomic E-state index is 12.6. The van der Waals surface area contributed by atoms with Crippen LogP contribution >= 0.6 is 0 Å². The highest BCUT2D eigenvalue weighted by Gasteiger charge is 2.37. The zero-order chi connectivity index (χ0) is 20.6. The summed E-state index contributed by atoms with van der Waals surface area (Å²) in [6.07, 6.45) is 2.06. The van der Waals surface area contributed by atoms with Crippen LogP contribution in [0.2, 0.25) is 0 Å². The molecule has 0 aromatic heterocycles. The molecule has 1 aromatic rings. The fourth-order valence-electron chi connectivity index (χ4n) is 3.84. The van der Waals surface area contributed by atoms with Crippen LogP contribution in [0, 0.1) is 0 Å². The molecule has 3 amide bonds. The van der Waals surface area contributed by atoms with Crippen molar-refractivity contribution in [3.8, 4) is 0 Å². The van der Waals surface area contributed by atoms with Gasteiger partial charge in [-0.05, 0) is 37.1 Å². The second-order valence-electron chi connectivity index (χ2n) is 7.49. The molecule has 1 aromatic carbocycles. The Bertz CT molecular complexity index is 986. The van der Waals surface area contributed by atoms with Crippen LogP contribution in [0.5, 0.6) is 0 Å². The predicted molar refractivity (Wildman–Crippen MR) is 107 cm³/mol. The van der Waals surface area contributed by atoms with Gasteiger partial charge in [0.05, 0.1) is 17.5 Å². The molecule has 3 aliphatic heterocycles. The number of rotatable bonds is 4. The third kappa shape index (κ3) is 4.16. The summed E-state index contributed by atoms with van der Waals surface area (Å²) < 4.78 is 23.4. The lowest BCUT2D eigenvalue weighted by Crippen LogP contribution is -2.42. The fraction of sp³-hybridized carbons (Fsp3) is 0.474. The van der Waals surface area contributed by atoms with Crippen molar-refractivity contribution in [3.05, 3.63) is 24.3 Å². The van der Waals surface area contributed by atoms with Gasteiger partial charge in [-0.1, -0.05) is 0 Å². The van der Waals surface area contributed by atoms with Gasteiger partial charge in [-0.3, -0.25) is 14.4 Å². The number of hydrogen-bond donors (Lipinski definition) is 1. The predicted octanol–water partition coefficient (Wildman–Crippen LogP) is 0.917. The lowest BCUT2D eigenvalue weighted by atomic mass is 10.1. The Morgan fingerprint density at radius 2 is 1.83 bits per heavy atom. The molecular weight excluding hydrogens is 396 g/mol. The van der Waals surface area contributed by atoms with Crippen LogP contribution in [0.1, 0.15) is 32.1 Å². The molecule has 0 bridgehead atoms. The van der Waals surface area contributed by atoms with Crippen molar-refractivity contribution in [3.63, 3.8) is 0 Å². The van der Waals surface area contributed by atoms with E-state index in [1.807, 2.05) is 0 Å². The molecule has 0 unspecified atom stereocenters. The first-order chi connectivity index (χ1) is 13.8. The molecule has 1 N–H and O–H groups in total. The first kappa shape index (κ1) is 19.6. The first-order valence-electron chi connectivity index (χ1n) is 9.64. The number of nitrogens with zero attached hydrogens (tertiary/aromatic N) is 3. The van der Waals surface area contributed by atoms with Crippen molar-refractivity contribution in [1.29, 1.82) is 0 Å². The monoisotopic (exact) mass is 418 g/mol. The molecule has 154 valence electrons. The zero-order valence-corrected chi connectivity index (χ0v) is 16.7. The average molecular weight is 418 g/mol. The highest BCUT2D eigenvalue weighted by Crippen LogP contribution is 2.24. The first-order valence-corrected chi connectivity index (χ1v) is 11.5. The van der Waals surface area contributed by atoms with E-state index in [1.54, 1.807) is 29.2 Å². The molecule has 0 spiro atoms. The molecule has 0 aliphatic carbocycles. The van der Waals surface area contributed by atoms with Gasteiger partial charge in [0, 0.05) is 37.2 Å². The Morgan fingerprint density at radius 3 is 2.45 bits per heavy atom. The van der Waals surface area contributed by atoms with E-state index in [-0.39, 0.29) is 41.9 Å². The van der Waals surface area contributed by atoms with E-state index in [0.29, 0.717) is 25.1 Å². The number of nitrogens with one attached hydrogen (secondary N) is 1. The van der Waals surface area contributed by atoms with Gasteiger partial charge in [-0.2, -0.15) is 5.10 Å². The molecule has 10 heteroatoms. The summed E-state index contributed by atoms with van der Waals surface area (Å²) in [7, 11) is -3.16. The number of hydrogen-bond acceptors (Lipinski definition) is 6. The SMILES string of the molecule is O=C(Nc1ccc(N2CCCC2=O)cc1)C1=NN([C@H]2CCS(=O)(=O)C2)C(=O)CC1. The number of benzene rings is 1. The molecule has 29 heavy (non-hydrogen) atoms. The van der Waals surface area contributed by atoms with Crippen molar-refractivity contribution in [2.45, 2.75) is 38.1 Å². The third-order valence-electron chi connectivity index (χ3n) is 5.39. The number of carbonyl (C=O) groups is 3. The Kier molecular flexibility index (Phi) is 5.12. The zero-order valence-electron chi connectivity index (χ0n) is 15.8. The van der Waals surface area contributed by atoms with Crippen molar-refractivity contribution < 1.29 is 22.8 Å². The van der Waals surface area contributed by atoms with Gasteiger partial charge < -0.3 is 10.2 Å². The van der Waals surface area contributed by atoms with Gasteiger partial charge in [0.2, 0.25) is 11.8 Å². The molecule has 4 rings (SSSR count). The molecule has 0 radical (unpaired) electrons. The second kappa shape index (κ2) is 7.58. The summed E-state index contributed by atoms with van der Waals surface area (Å²) in [4.78, 5) is 38.3. The fourth-order valence-corrected chi connectivity index (χ4v) is 5.53. The van der Waals surface area contributed by atoms with Crippen molar-refractivity contribution >= 4 is 44.6 Å². The summed E-state index contributed by atoms with van der Waals surface area (Å²) in [6.45, 7) is 0.697. The normalized spacial score (nSPS) is 24.0. The Balaban J connectivity index is 1.44. The number of sulfone groups is 1. The Morgan fingerprint density at radius 1 is 1.07 bits per heavy atom. The molecule has 0 saturated carbocycles. The minimum Gasteiger partial charge on any atom is -0.321 e. The Hall–Kier alpha value is -2.75. The molecule has 3 heterocycles. The lowest BCUT2D eigenvalue weighted by molar-refractivity contribution is -0.133. The number of anilines is 2. The number of carbonyl (C=O) groups excluding carboxylic acids is 3. The summed E-state index contributed by atoms with van der Waals surface area (Å²) in [5.41, 5.74) is 1.55. The van der Waals surface area contributed by atoms with Crippen LogP contribution in [0.25, 0.3) is 0 Å². The van der Waals surface area contributed by atoms with E-state index >= 15 is 0 Å². The standard InChI is InChI=1S/C19H22N4O5S/c24-17-2-1-10-22(17)14-5-3-13(4-6-14)20-19(26)16-7-8-18(25)23(21-16)15-9-11-29(27,28)12-15/h3-6,15H,1-2,7-12H2,(H,20,26)/t15-/m0/s1. The van der Waals surface area contributed by atoms with Gasteiger partial charge in [-0.25, -0.2) is 13.4 Å². The van der Waals surface area contributed by atoms with E-state index in [0.717, 1.165) is 12.1 Å². The van der Waals surface area contributed by atoms with Gasteiger partial charge in [-0.15, -0.1) is 0 Å². The van der Waals surface area contributed by atoms with E-state index in [1.165, 1.54) is 5.01 Å².